The molecule has 0 aliphatic heterocycles. The van der Waals surface area contributed by atoms with Gasteiger partial charge in [-0.3, -0.25) is 0 Å². The molecule has 2 aromatic heterocycles. The molecule has 4 nitrogen and oxygen atoms in total. The minimum Gasteiger partial charge on any atom is -0.384 e. The average Bonchev–Trinajstić information content (AvgIpc) is 3.00. The molecule has 19 heavy (non-hydrogen) atoms. The molecule has 0 spiro atoms. The van der Waals surface area contributed by atoms with E-state index in [2.05, 4.69) is 15.3 Å². The molecular formula is C14H18N4S. The zero-order valence-corrected chi connectivity index (χ0v) is 11.9. The fourth-order valence-electron chi connectivity index (χ4n) is 2.67. The molecule has 1 aliphatic carbocycles. The van der Waals surface area contributed by atoms with Crippen molar-refractivity contribution in [3.05, 3.63) is 33.7 Å². The maximum atomic E-state index is 5.92. The molecule has 0 amide bonds. The highest BCUT2D eigenvalue weighted by molar-refractivity contribution is 7.09. The first-order valence-corrected chi connectivity index (χ1v) is 7.63. The van der Waals surface area contributed by atoms with Gasteiger partial charge in [0.05, 0.1) is 6.42 Å². The average molecular weight is 274 g/mol. The van der Waals surface area contributed by atoms with Crippen LogP contribution in [-0.4, -0.2) is 15.0 Å². The van der Waals surface area contributed by atoms with Crippen LogP contribution in [0.3, 0.4) is 0 Å². The molecule has 0 aromatic carbocycles. The highest BCUT2D eigenvalue weighted by Gasteiger charge is 2.19. The Bertz CT molecular complexity index is 573. The van der Waals surface area contributed by atoms with Crippen molar-refractivity contribution in [2.24, 2.45) is 0 Å². The van der Waals surface area contributed by atoms with Crippen molar-refractivity contribution < 1.29 is 0 Å². The predicted molar refractivity (Wildman–Crippen MR) is 77.3 cm³/mol. The number of rotatable bonds is 3. The van der Waals surface area contributed by atoms with Gasteiger partial charge in [-0.2, -0.15) is 0 Å². The number of aryl methyl sites for hydroxylation is 1. The summed E-state index contributed by atoms with van der Waals surface area (Å²) in [5, 5.41) is 3.11. The molecule has 0 bridgehead atoms. The first kappa shape index (κ1) is 12.5. The molecular weight excluding hydrogens is 256 g/mol. The lowest BCUT2D eigenvalue weighted by molar-refractivity contribution is 0.687. The highest BCUT2D eigenvalue weighted by Crippen LogP contribution is 2.33. The van der Waals surface area contributed by atoms with Gasteiger partial charge in [-0.25, -0.2) is 15.0 Å². The second kappa shape index (κ2) is 5.25. The van der Waals surface area contributed by atoms with Crippen molar-refractivity contribution in [3.63, 3.8) is 0 Å². The molecule has 100 valence electrons. The molecule has 5 heteroatoms. The number of anilines is 1. The summed E-state index contributed by atoms with van der Waals surface area (Å²) >= 11 is 1.66. The van der Waals surface area contributed by atoms with Crippen molar-refractivity contribution >= 4 is 17.2 Å². The molecule has 1 aliphatic rings. The van der Waals surface area contributed by atoms with E-state index in [1.807, 2.05) is 13.0 Å². The fourth-order valence-corrected chi connectivity index (χ4v) is 3.44. The van der Waals surface area contributed by atoms with Crippen LogP contribution in [-0.2, 0) is 6.42 Å². The topological polar surface area (TPSA) is 64.7 Å². The quantitative estimate of drug-likeness (QED) is 0.934. The van der Waals surface area contributed by atoms with Gasteiger partial charge in [0.1, 0.15) is 16.6 Å². The van der Waals surface area contributed by atoms with Crippen molar-refractivity contribution in [3.8, 4) is 0 Å². The number of thiazole rings is 1. The van der Waals surface area contributed by atoms with Gasteiger partial charge >= 0.3 is 0 Å². The third kappa shape index (κ3) is 2.92. The normalized spacial score (nSPS) is 16.1. The van der Waals surface area contributed by atoms with Crippen LogP contribution in [0.5, 0.6) is 0 Å². The Hall–Kier alpha value is -1.49. The molecule has 0 unspecified atom stereocenters. The van der Waals surface area contributed by atoms with Gasteiger partial charge in [-0.1, -0.05) is 12.8 Å². The number of aromatic nitrogens is 3. The molecule has 0 atom stereocenters. The van der Waals surface area contributed by atoms with Crippen molar-refractivity contribution in [1.29, 1.82) is 0 Å². The van der Waals surface area contributed by atoms with E-state index in [1.54, 1.807) is 11.3 Å². The molecule has 3 rings (SSSR count). The van der Waals surface area contributed by atoms with Gasteiger partial charge in [0.2, 0.25) is 0 Å². The monoisotopic (exact) mass is 274 g/mol. The van der Waals surface area contributed by atoms with Crippen LogP contribution in [0.25, 0.3) is 0 Å². The van der Waals surface area contributed by atoms with Crippen LogP contribution in [0, 0.1) is 6.92 Å². The summed E-state index contributed by atoms with van der Waals surface area (Å²) in [6.07, 6.45) is 5.74. The Labute approximate surface area is 117 Å². The Morgan fingerprint density at radius 1 is 1.26 bits per heavy atom. The van der Waals surface area contributed by atoms with Crippen LogP contribution in [0.15, 0.2) is 11.4 Å². The molecule has 2 N–H and O–H groups in total. The summed E-state index contributed by atoms with van der Waals surface area (Å²) in [5.41, 5.74) is 8.09. The number of nitrogen functional groups attached to an aromatic ring is 1. The standard InChI is InChI=1S/C14H18N4S/c1-9-8-19-14(16-9)7-13-17-11(6-12(15)18-13)10-4-2-3-5-10/h6,8,10H,2-5,7H2,1H3,(H2,15,17,18). The second-order valence-corrected chi connectivity index (χ2v) is 6.12. The lowest BCUT2D eigenvalue weighted by atomic mass is 10.0. The molecule has 0 saturated heterocycles. The van der Waals surface area contributed by atoms with Crippen molar-refractivity contribution in [2.75, 3.05) is 5.73 Å². The molecule has 2 aromatic rings. The Balaban J connectivity index is 1.84. The Morgan fingerprint density at radius 2 is 2.05 bits per heavy atom. The number of hydrogen-bond donors (Lipinski definition) is 1. The largest absolute Gasteiger partial charge is 0.384 e. The highest BCUT2D eigenvalue weighted by atomic mass is 32.1. The second-order valence-electron chi connectivity index (χ2n) is 5.17. The minimum atomic E-state index is 0.571. The smallest absolute Gasteiger partial charge is 0.137 e. The molecule has 1 fully saturated rings. The number of hydrogen-bond acceptors (Lipinski definition) is 5. The zero-order valence-electron chi connectivity index (χ0n) is 11.1. The lowest BCUT2D eigenvalue weighted by Crippen LogP contribution is -2.06. The van der Waals surface area contributed by atoms with E-state index in [4.69, 9.17) is 10.7 Å². The van der Waals surface area contributed by atoms with Gasteiger partial charge in [0, 0.05) is 28.8 Å². The Kier molecular flexibility index (Phi) is 3.46. The van der Waals surface area contributed by atoms with Crippen LogP contribution >= 0.6 is 11.3 Å². The first-order valence-electron chi connectivity index (χ1n) is 6.75. The van der Waals surface area contributed by atoms with Gasteiger partial charge in [-0.15, -0.1) is 11.3 Å². The summed E-state index contributed by atoms with van der Waals surface area (Å²) < 4.78 is 0. The third-order valence-corrected chi connectivity index (χ3v) is 4.53. The SMILES string of the molecule is Cc1csc(Cc2nc(N)cc(C3CCCC3)n2)n1. The zero-order chi connectivity index (χ0) is 13.2. The summed E-state index contributed by atoms with van der Waals surface area (Å²) in [5.74, 6) is 1.96. The van der Waals surface area contributed by atoms with Crippen molar-refractivity contribution in [1.82, 2.24) is 15.0 Å². The predicted octanol–water partition coefficient (Wildman–Crippen LogP) is 3.07. The van der Waals surface area contributed by atoms with E-state index in [1.165, 1.54) is 25.7 Å². The van der Waals surface area contributed by atoms with E-state index in [9.17, 15) is 0 Å². The summed E-state index contributed by atoms with van der Waals surface area (Å²) in [6, 6.07) is 1.94. The summed E-state index contributed by atoms with van der Waals surface area (Å²) in [7, 11) is 0. The van der Waals surface area contributed by atoms with E-state index in [0.717, 1.165) is 22.2 Å². The lowest BCUT2D eigenvalue weighted by Gasteiger charge is -2.10. The number of nitrogens with zero attached hydrogens (tertiary/aromatic N) is 3. The van der Waals surface area contributed by atoms with Crippen molar-refractivity contribution in [2.45, 2.75) is 44.9 Å². The minimum absolute atomic E-state index is 0.571. The fraction of sp³-hybridized carbons (Fsp3) is 0.500. The van der Waals surface area contributed by atoms with Gasteiger partial charge < -0.3 is 5.73 Å². The van der Waals surface area contributed by atoms with Gasteiger partial charge in [0.15, 0.2) is 0 Å². The molecule has 2 heterocycles. The van der Waals surface area contributed by atoms with E-state index < -0.39 is 0 Å². The molecule has 0 radical (unpaired) electrons. The summed E-state index contributed by atoms with van der Waals surface area (Å²) in [6.45, 7) is 2.00. The maximum Gasteiger partial charge on any atom is 0.137 e. The van der Waals surface area contributed by atoms with Crippen LogP contribution < -0.4 is 5.73 Å². The Morgan fingerprint density at radius 3 is 2.74 bits per heavy atom. The van der Waals surface area contributed by atoms with E-state index in [0.29, 0.717) is 18.2 Å². The van der Waals surface area contributed by atoms with Gasteiger partial charge in [-0.05, 0) is 19.8 Å². The van der Waals surface area contributed by atoms with Gasteiger partial charge in [0.25, 0.3) is 0 Å². The van der Waals surface area contributed by atoms with Crippen LogP contribution in [0.4, 0.5) is 5.82 Å². The van der Waals surface area contributed by atoms with Crippen LogP contribution in [0.1, 0.15) is 53.8 Å². The third-order valence-electron chi connectivity index (χ3n) is 3.56. The van der Waals surface area contributed by atoms with E-state index >= 15 is 0 Å². The maximum absolute atomic E-state index is 5.92. The summed E-state index contributed by atoms with van der Waals surface area (Å²) in [4.78, 5) is 13.5. The number of nitrogens with two attached hydrogens (primary N) is 1. The van der Waals surface area contributed by atoms with Crippen LogP contribution in [0.2, 0.25) is 0 Å². The van der Waals surface area contributed by atoms with E-state index in [-0.39, 0.29) is 0 Å². The molecule has 1 saturated carbocycles. The first-order chi connectivity index (χ1) is 9.20.